The monoisotopic (exact) mass is 562 g/mol. The van der Waals surface area contributed by atoms with Gasteiger partial charge in [0.25, 0.3) is 0 Å². The zero-order chi connectivity index (χ0) is 28.1. The Morgan fingerprint density at radius 2 is 0.950 bits per heavy atom. The molecule has 0 heterocycles. The van der Waals surface area contributed by atoms with Crippen LogP contribution >= 0.6 is 12.6 Å². The van der Waals surface area contributed by atoms with Crippen LogP contribution in [0.3, 0.4) is 0 Å². The summed E-state index contributed by atoms with van der Waals surface area (Å²) in [6.07, 6.45) is 3.40. The van der Waals surface area contributed by atoms with Gasteiger partial charge in [0.05, 0.1) is 0 Å². The Labute approximate surface area is 247 Å². The minimum Gasteiger partial charge on any atom is -0.317 e. The molecule has 0 bridgehead atoms. The van der Waals surface area contributed by atoms with E-state index >= 15 is 0 Å². The molecule has 0 radical (unpaired) electrons. The molecule has 0 fully saturated rings. The molecule has 3 aromatic carbocycles. The van der Waals surface area contributed by atoms with Gasteiger partial charge in [0.15, 0.2) is 0 Å². The van der Waals surface area contributed by atoms with Crippen LogP contribution < -0.4 is 32.1 Å². The average molecular weight is 563 g/mol. The fourth-order valence-electron chi connectivity index (χ4n) is 4.58. The van der Waals surface area contributed by atoms with Gasteiger partial charge in [-0.05, 0) is 85.4 Å². The maximum atomic E-state index is 4.21. The van der Waals surface area contributed by atoms with Gasteiger partial charge in [0, 0.05) is 38.5 Å². The predicted molar refractivity (Wildman–Crippen MR) is 176 cm³/mol. The molecule has 0 aliphatic rings. The van der Waals surface area contributed by atoms with Crippen LogP contribution in [0, 0.1) is 0 Å². The zero-order valence-electron chi connectivity index (χ0n) is 24.3. The first kappa shape index (κ1) is 32.3. The molecule has 0 saturated carbocycles. The third kappa shape index (κ3) is 12.5. The summed E-state index contributed by atoms with van der Waals surface area (Å²) in [7, 11) is 0. The predicted octanol–water partition coefficient (Wildman–Crippen LogP) is 4.59. The second-order valence-electron chi connectivity index (χ2n) is 10.0. The van der Waals surface area contributed by atoms with E-state index in [9.17, 15) is 0 Å². The van der Waals surface area contributed by atoms with Gasteiger partial charge in [-0.1, -0.05) is 79.7 Å². The molecule has 6 N–H and O–H groups in total. The third-order valence-corrected chi connectivity index (χ3v) is 7.00. The van der Waals surface area contributed by atoms with Crippen molar-refractivity contribution in [3.63, 3.8) is 0 Å². The van der Waals surface area contributed by atoms with E-state index in [4.69, 9.17) is 0 Å². The van der Waals surface area contributed by atoms with Crippen molar-refractivity contribution in [2.75, 3.05) is 58.1 Å². The minimum atomic E-state index is 0.893. The molecule has 6 nitrogen and oxygen atoms in total. The number of nitrogens with one attached hydrogen (secondary N) is 6. The van der Waals surface area contributed by atoms with Crippen LogP contribution in [0.2, 0.25) is 0 Å². The van der Waals surface area contributed by atoms with Crippen molar-refractivity contribution >= 4 is 12.6 Å². The standard InChI is InChI=1S/C33H50N6S/c1-2-38-39-23-7-22-37-27-29-12-16-31(17-13-29)33-9-4-3-8-32(33)30-14-10-28(11-15-30)26-36-21-6-19-34-18-5-20-35-24-25-40/h3-4,8-17,34-40H,2,5-7,18-27H2,1H3. The van der Waals surface area contributed by atoms with Crippen molar-refractivity contribution in [3.05, 3.63) is 83.9 Å². The lowest BCUT2D eigenvalue weighted by molar-refractivity contribution is 0.521. The topological polar surface area (TPSA) is 72.2 Å². The third-order valence-electron chi connectivity index (χ3n) is 6.78. The van der Waals surface area contributed by atoms with E-state index in [-0.39, 0.29) is 0 Å². The number of hydrazine groups is 1. The lowest BCUT2D eigenvalue weighted by Crippen LogP contribution is -2.33. The smallest absolute Gasteiger partial charge is 0.0205 e. The van der Waals surface area contributed by atoms with Crippen LogP contribution in [-0.2, 0) is 13.1 Å². The molecule has 218 valence electrons. The highest BCUT2D eigenvalue weighted by atomic mass is 32.1. The highest BCUT2D eigenvalue weighted by Gasteiger charge is 2.07. The second-order valence-corrected chi connectivity index (χ2v) is 10.5. The van der Waals surface area contributed by atoms with Crippen molar-refractivity contribution in [2.24, 2.45) is 0 Å². The molecule has 0 aliphatic carbocycles. The van der Waals surface area contributed by atoms with Crippen LogP contribution in [-0.4, -0.2) is 58.1 Å². The molecule has 0 unspecified atom stereocenters. The number of thiol groups is 1. The molecule has 40 heavy (non-hydrogen) atoms. The summed E-state index contributed by atoms with van der Waals surface area (Å²) in [5, 5.41) is 14.0. The largest absolute Gasteiger partial charge is 0.317 e. The normalized spacial score (nSPS) is 11.2. The van der Waals surface area contributed by atoms with E-state index < -0.39 is 0 Å². The van der Waals surface area contributed by atoms with Gasteiger partial charge < -0.3 is 21.3 Å². The molecular weight excluding hydrogens is 512 g/mol. The summed E-state index contributed by atoms with van der Waals surface area (Å²) < 4.78 is 0. The maximum absolute atomic E-state index is 4.21. The molecule has 0 atom stereocenters. The van der Waals surface area contributed by atoms with Gasteiger partial charge in [-0.3, -0.25) is 10.9 Å². The van der Waals surface area contributed by atoms with Crippen molar-refractivity contribution in [1.82, 2.24) is 32.1 Å². The molecule has 0 amide bonds. The van der Waals surface area contributed by atoms with E-state index in [1.54, 1.807) is 0 Å². The first-order chi connectivity index (χ1) is 19.8. The summed E-state index contributed by atoms with van der Waals surface area (Å²) in [5.41, 5.74) is 14.0. The van der Waals surface area contributed by atoms with Gasteiger partial charge >= 0.3 is 0 Å². The lowest BCUT2D eigenvalue weighted by Gasteiger charge is -2.12. The summed E-state index contributed by atoms with van der Waals surface area (Å²) in [6, 6.07) is 26.7. The van der Waals surface area contributed by atoms with Crippen LogP contribution in [0.15, 0.2) is 72.8 Å². The van der Waals surface area contributed by atoms with Crippen molar-refractivity contribution in [2.45, 2.75) is 39.3 Å². The van der Waals surface area contributed by atoms with E-state index in [2.05, 4.69) is 124 Å². The molecule has 0 aliphatic heterocycles. The van der Waals surface area contributed by atoms with Crippen LogP contribution in [0.25, 0.3) is 22.3 Å². The number of hydrogen-bond acceptors (Lipinski definition) is 7. The molecule has 7 heteroatoms. The highest BCUT2D eigenvalue weighted by molar-refractivity contribution is 7.80. The van der Waals surface area contributed by atoms with Crippen molar-refractivity contribution < 1.29 is 0 Å². The van der Waals surface area contributed by atoms with Crippen molar-refractivity contribution in [1.29, 1.82) is 0 Å². The van der Waals surface area contributed by atoms with Gasteiger partial charge in [-0.15, -0.1) is 0 Å². The van der Waals surface area contributed by atoms with E-state index in [1.807, 2.05) is 0 Å². The first-order valence-corrected chi connectivity index (χ1v) is 15.6. The van der Waals surface area contributed by atoms with Gasteiger partial charge in [-0.25, -0.2) is 0 Å². The van der Waals surface area contributed by atoms with E-state index in [0.717, 1.165) is 90.5 Å². The Morgan fingerprint density at radius 1 is 0.500 bits per heavy atom. The highest BCUT2D eigenvalue weighted by Crippen LogP contribution is 2.32. The molecule has 0 saturated heterocycles. The molecular formula is C33H50N6S. The lowest BCUT2D eigenvalue weighted by atomic mass is 9.93. The summed E-state index contributed by atoms with van der Waals surface area (Å²) in [6.45, 7) is 12.0. The van der Waals surface area contributed by atoms with Gasteiger partial charge in [-0.2, -0.15) is 12.6 Å². The minimum absolute atomic E-state index is 0.893. The van der Waals surface area contributed by atoms with E-state index in [1.165, 1.54) is 33.4 Å². The number of benzene rings is 3. The maximum Gasteiger partial charge on any atom is 0.0205 e. The van der Waals surface area contributed by atoms with E-state index in [0.29, 0.717) is 0 Å². The fourth-order valence-corrected chi connectivity index (χ4v) is 4.74. The van der Waals surface area contributed by atoms with Crippen LogP contribution in [0.1, 0.15) is 37.3 Å². The second kappa shape index (κ2) is 20.6. The molecule has 0 spiro atoms. The number of rotatable bonds is 22. The van der Waals surface area contributed by atoms with Crippen LogP contribution in [0.5, 0.6) is 0 Å². The van der Waals surface area contributed by atoms with Crippen molar-refractivity contribution in [3.8, 4) is 22.3 Å². The summed E-state index contributed by atoms with van der Waals surface area (Å²) in [4.78, 5) is 0. The Balaban J connectivity index is 1.41. The summed E-state index contributed by atoms with van der Waals surface area (Å²) in [5.74, 6) is 0.902. The Kier molecular flexibility index (Phi) is 16.6. The Hall–Kier alpha value is -2.23. The molecule has 3 aromatic rings. The first-order valence-electron chi connectivity index (χ1n) is 15.0. The van der Waals surface area contributed by atoms with Gasteiger partial charge in [0.2, 0.25) is 0 Å². The summed E-state index contributed by atoms with van der Waals surface area (Å²) >= 11 is 4.21. The quantitative estimate of drug-likeness (QED) is 0.0552. The molecule has 3 rings (SSSR count). The average Bonchev–Trinajstić information content (AvgIpc) is 3.00. The van der Waals surface area contributed by atoms with Crippen LogP contribution in [0.4, 0.5) is 0 Å². The Bertz CT molecular complexity index is 1040. The Morgan fingerprint density at radius 3 is 1.43 bits per heavy atom. The SMILES string of the molecule is CCNNCCCNCc1ccc(-c2ccccc2-c2ccc(CNCCCNCCCNCCS)cc2)cc1. The number of hydrogen-bond donors (Lipinski definition) is 7. The molecule has 0 aromatic heterocycles. The fraction of sp³-hybridized carbons (Fsp3) is 0.455. The zero-order valence-corrected chi connectivity index (χ0v) is 25.2. The van der Waals surface area contributed by atoms with Gasteiger partial charge in [0.1, 0.15) is 0 Å².